The van der Waals surface area contributed by atoms with E-state index in [-0.39, 0.29) is 0 Å². The average Bonchev–Trinajstić information content (AvgIpc) is 2.75. The molecule has 1 N–H and O–H groups in total. The summed E-state index contributed by atoms with van der Waals surface area (Å²) in [6.45, 7) is 5.60. The molecule has 0 bridgehead atoms. The van der Waals surface area contributed by atoms with Gasteiger partial charge in [0.05, 0.1) is 7.11 Å². The summed E-state index contributed by atoms with van der Waals surface area (Å²) in [6, 6.07) is 6.43. The van der Waals surface area contributed by atoms with E-state index in [1.54, 1.807) is 7.11 Å². The molecule has 1 saturated heterocycles. The Kier molecular flexibility index (Phi) is 4.52. The summed E-state index contributed by atoms with van der Waals surface area (Å²) in [5, 5.41) is 4.43. The van der Waals surface area contributed by atoms with Gasteiger partial charge in [0.25, 0.3) is 0 Å². The smallest absolute Gasteiger partial charge is 0.123 e. The van der Waals surface area contributed by atoms with Crippen molar-refractivity contribution in [1.29, 1.82) is 0 Å². The van der Waals surface area contributed by atoms with E-state index in [9.17, 15) is 0 Å². The van der Waals surface area contributed by atoms with Crippen LogP contribution in [0.5, 0.6) is 5.75 Å². The molecule has 0 radical (unpaired) electrons. The molecule has 1 aromatic carbocycles. The van der Waals surface area contributed by atoms with Gasteiger partial charge in [-0.1, -0.05) is 31.5 Å². The number of methoxy groups -OCH3 is 1. The maximum atomic E-state index is 6.38. The van der Waals surface area contributed by atoms with Crippen LogP contribution >= 0.6 is 11.6 Å². The molecule has 0 saturated carbocycles. The summed E-state index contributed by atoms with van der Waals surface area (Å²) >= 11 is 6.38. The predicted octanol–water partition coefficient (Wildman–Crippen LogP) is 3.84. The summed E-state index contributed by atoms with van der Waals surface area (Å²) < 4.78 is 5.48. The van der Waals surface area contributed by atoms with E-state index in [0.717, 1.165) is 23.7 Å². The molecular weight excluding hydrogens is 246 g/mol. The quantitative estimate of drug-likeness (QED) is 0.895. The molecule has 1 fully saturated rings. The van der Waals surface area contributed by atoms with Crippen LogP contribution in [0.2, 0.25) is 5.02 Å². The third-order valence-electron chi connectivity index (χ3n) is 3.68. The van der Waals surface area contributed by atoms with Crippen LogP contribution in [0, 0.1) is 5.92 Å². The highest BCUT2D eigenvalue weighted by Gasteiger charge is 2.32. The van der Waals surface area contributed by atoms with Crippen LogP contribution in [0.3, 0.4) is 0 Å². The van der Waals surface area contributed by atoms with Crippen molar-refractivity contribution in [2.45, 2.75) is 38.6 Å². The van der Waals surface area contributed by atoms with Crippen LogP contribution in [0.15, 0.2) is 18.2 Å². The van der Waals surface area contributed by atoms with Gasteiger partial charge in [-0.05, 0) is 37.4 Å². The first-order valence-corrected chi connectivity index (χ1v) is 7.07. The van der Waals surface area contributed by atoms with E-state index in [1.807, 2.05) is 18.2 Å². The highest BCUT2D eigenvalue weighted by Crippen LogP contribution is 2.40. The molecule has 0 aliphatic carbocycles. The van der Waals surface area contributed by atoms with E-state index in [1.165, 1.54) is 12.0 Å². The highest BCUT2D eigenvalue weighted by atomic mass is 35.5. The van der Waals surface area contributed by atoms with Crippen molar-refractivity contribution in [2.24, 2.45) is 5.92 Å². The second-order valence-electron chi connectivity index (χ2n) is 5.44. The molecule has 2 nitrogen and oxygen atoms in total. The Balaban J connectivity index is 2.29. The number of rotatable bonds is 4. The largest absolute Gasteiger partial charge is 0.496 e. The van der Waals surface area contributed by atoms with Crippen LogP contribution in [0.1, 0.15) is 38.2 Å². The molecule has 1 aliphatic rings. The fourth-order valence-electron chi connectivity index (χ4n) is 2.92. The second kappa shape index (κ2) is 5.94. The zero-order chi connectivity index (χ0) is 13.1. The first kappa shape index (κ1) is 13.7. The van der Waals surface area contributed by atoms with Gasteiger partial charge in [-0.3, -0.25) is 0 Å². The molecule has 100 valence electrons. The number of halogens is 1. The number of benzene rings is 1. The van der Waals surface area contributed by atoms with Crippen molar-refractivity contribution >= 4 is 11.6 Å². The highest BCUT2D eigenvalue weighted by molar-refractivity contribution is 6.31. The van der Waals surface area contributed by atoms with Crippen LogP contribution in [0.4, 0.5) is 0 Å². The number of ether oxygens (including phenoxy) is 1. The second-order valence-corrected chi connectivity index (χ2v) is 5.85. The topological polar surface area (TPSA) is 21.3 Å². The van der Waals surface area contributed by atoms with Gasteiger partial charge in [0.2, 0.25) is 0 Å². The van der Waals surface area contributed by atoms with E-state index < -0.39 is 0 Å². The van der Waals surface area contributed by atoms with Gasteiger partial charge >= 0.3 is 0 Å². The molecule has 18 heavy (non-hydrogen) atoms. The number of nitrogens with one attached hydrogen (secondary N) is 1. The van der Waals surface area contributed by atoms with Gasteiger partial charge in [0.15, 0.2) is 0 Å². The van der Waals surface area contributed by atoms with Crippen LogP contribution in [-0.4, -0.2) is 19.7 Å². The minimum absolute atomic E-state index is 0.469. The lowest BCUT2D eigenvalue weighted by Gasteiger charge is -2.24. The minimum atomic E-state index is 0.469. The van der Waals surface area contributed by atoms with E-state index >= 15 is 0 Å². The van der Waals surface area contributed by atoms with Gasteiger partial charge in [-0.15, -0.1) is 0 Å². The maximum absolute atomic E-state index is 6.38. The fraction of sp³-hybridized carbons (Fsp3) is 0.600. The lowest BCUT2D eigenvalue weighted by molar-refractivity contribution is 0.391. The minimum Gasteiger partial charge on any atom is -0.496 e. The lowest BCUT2D eigenvalue weighted by atomic mass is 9.87. The van der Waals surface area contributed by atoms with Gasteiger partial charge in [0.1, 0.15) is 5.75 Å². The average molecular weight is 268 g/mol. The Morgan fingerprint density at radius 1 is 1.44 bits per heavy atom. The zero-order valence-corrected chi connectivity index (χ0v) is 12.1. The molecule has 1 aliphatic heterocycles. The van der Waals surface area contributed by atoms with Gasteiger partial charge in [0, 0.05) is 22.5 Å². The van der Waals surface area contributed by atoms with Crippen LogP contribution < -0.4 is 10.1 Å². The summed E-state index contributed by atoms with van der Waals surface area (Å²) in [5.41, 5.74) is 1.18. The Morgan fingerprint density at radius 2 is 2.22 bits per heavy atom. The van der Waals surface area contributed by atoms with E-state index in [2.05, 4.69) is 19.2 Å². The van der Waals surface area contributed by atoms with Crippen molar-refractivity contribution in [3.63, 3.8) is 0 Å². The molecule has 1 heterocycles. The molecule has 0 spiro atoms. The zero-order valence-electron chi connectivity index (χ0n) is 11.4. The molecule has 3 heteroatoms. The third-order valence-corrected chi connectivity index (χ3v) is 4.01. The van der Waals surface area contributed by atoms with E-state index in [0.29, 0.717) is 17.9 Å². The van der Waals surface area contributed by atoms with Gasteiger partial charge in [-0.25, -0.2) is 0 Å². The van der Waals surface area contributed by atoms with Crippen LogP contribution in [0.25, 0.3) is 0 Å². The van der Waals surface area contributed by atoms with Crippen molar-refractivity contribution in [3.8, 4) is 5.75 Å². The first-order chi connectivity index (χ1) is 8.63. The SMILES string of the molecule is COc1cccc(Cl)c1C1CCNC1CC(C)C. The van der Waals surface area contributed by atoms with Crippen molar-refractivity contribution in [1.82, 2.24) is 5.32 Å². The molecule has 1 aromatic rings. The summed E-state index contributed by atoms with van der Waals surface area (Å²) in [5.74, 6) is 2.08. The van der Waals surface area contributed by atoms with Gasteiger partial charge in [-0.2, -0.15) is 0 Å². The Morgan fingerprint density at radius 3 is 2.89 bits per heavy atom. The Labute approximate surface area is 115 Å². The monoisotopic (exact) mass is 267 g/mol. The molecule has 2 rings (SSSR count). The van der Waals surface area contributed by atoms with Crippen LogP contribution in [-0.2, 0) is 0 Å². The molecule has 2 unspecified atom stereocenters. The number of hydrogen-bond acceptors (Lipinski definition) is 2. The maximum Gasteiger partial charge on any atom is 0.123 e. The Hall–Kier alpha value is -0.730. The normalized spacial score (nSPS) is 23.6. The van der Waals surface area contributed by atoms with E-state index in [4.69, 9.17) is 16.3 Å². The fourth-order valence-corrected chi connectivity index (χ4v) is 3.23. The summed E-state index contributed by atoms with van der Waals surface area (Å²) in [7, 11) is 1.72. The predicted molar refractivity (Wildman–Crippen MR) is 76.6 cm³/mol. The van der Waals surface area contributed by atoms with Crippen molar-refractivity contribution in [2.75, 3.05) is 13.7 Å². The van der Waals surface area contributed by atoms with Crippen molar-refractivity contribution < 1.29 is 4.74 Å². The summed E-state index contributed by atoms with van der Waals surface area (Å²) in [6.07, 6.45) is 2.32. The molecule has 0 aromatic heterocycles. The molecular formula is C15H22ClNO. The molecule has 0 amide bonds. The Bertz CT molecular complexity index is 405. The van der Waals surface area contributed by atoms with Gasteiger partial charge < -0.3 is 10.1 Å². The number of hydrogen-bond donors (Lipinski definition) is 1. The first-order valence-electron chi connectivity index (χ1n) is 6.69. The molecule has 2 atom stereocenters. The lowest BCUT2D eigenvalue weighted by Crippen LogP contribution is -2.27. The third kappa shape index (κ3) is 2.81. The standard InChI is InChI=1S/C15H22ClNO/c1-10(2)9-13-11(7-8-17-13)15-12(16)5-4-6-14(15)18-3/h4-6,10-11,13,17H,7-9H2,1-3H3. The summed E-state index contributed by atoms with van der Waals surface area (Å²) in [4.78, 5) is 0. The van der Waals surface area contributed by atoms with Crippen molar-refractivity contribution in [3.05, 3.63) is 28.8 Å².